The molecule has 2 N–H and O–H groups in total. The van der Waals surface area contributed by atoms with Gasteiger partial charge in [-0.3, -0.25) is 9.63 Å². The third-order valence-corrected chi connectivity index (χ3v) is 4.71. The van der Waals surface area contributed by atoms with Gasteiger partial charge in [-0.1, -0.05) is 61.5 Å². The maximum atomic E-state index is 12.0. The predicted octanol–water partition coefficient (Wildman–Crippen LogP) is 4.53. The summed E-state index contributed by atoms with van der Waals surface area (Å²) in [5, 5.41) is 2.42. The highest BCUT2D eigenvalue weighted by molar-refractivity contribution is 5.87. The van der Waals surface area contributed by atoms with Gasteiger partial charge in [-0.2, -0.15) is 0 Å². The Bertz CT molecular complexity index is 908. The summed E-state index contributed by atoms with van der Waals surface area (Å²) in [6.07, 6.45) is 6.30. The number of hydrogen-bond acceptors (Lipinski definition) is 4. The Labute approximate surface area is 153 Å². The Morgan fingerprint density at radius 1 is 1.15 bits per heavy atom. The summed E-state index contributed by atoms with van der Waals surface area (Å²) in [6.45, 7) is 4.01. The van der Waals surface area contributed by atoms with Crippen molar-refractivity contribution in [1.29, 1.82) is 0 Å². The van der Waals surface area contributed by atoms with Crippen LogP contribution in [0.25, 0.3) is 16.3 Å². The second kappa shape index (κ2) is 8.13. The third-order valence-electron chi connectivity index (χ3n) is 4.71. The number of benzene rings is 2. The van der Waals surface area contributed by atoms with Crippen molar-refractivity contribution in [3.8, 4) is 0 Å². The summed E-state index contributed by atoms with van der Waals surface area (Å²) in [4.78, 5) is 16.3. The monoisotopic (exact) mass is 349 g/mol. The molecule has 0 heterocycles. The maximum Gasteiger partial charge on any atom is 0.312 e. The molecule has 0 fully saturated rings. The van der Waals surface area contributed by atoms with E-state index in [9.17, 15) is 4.79 Å². The summed E-state index contributed by atoms with van der Waals surface area (Å²) in [5.41, 5.74) is 4.45. The fourth-order valence-electron chi connectivity index (χ4n) is 3.44. The number of fused-ring (bicyclic) bond motifs is 1. The van der Waals surface area contributed by atoms with Crippen LogP contribution in [0.4, 0.5) is 0 Å². The molecular formula is C22H23NO3. The van der Waals surface area contributed by atoms with Gasteiger partial charge in [0.2, 0.25) is 6.79 Å². The Hall–Kier alpha value is -2.69. The topological polar surface area (TPSA) is 61.5 Å². The molecule has 3 rings (SSSR count). The van der Waals surface area contributed by atoms with Gasteiger partial charge in [0.25, 0.3) is 0 Å². The predicted molar refractivity (Wildman–Crippen MR) is 104 cm³/mol. The van der Waals surface area contributed by atoms with E-state index in [-0.39, 0.29) is 25.1 Å². The van der Waals surface area contributed by atoms with Crippen LogP contribution in [0, 0.1) is 5.92 Å². The van der Waals surface area contributed by atoms with Crippen LogP contribution >= 0.6 is 0 Å². The molecule has 2 aromatic carbocycles. The summed E-state index contributed by atoms with van der Waals surface area (Å²) >= 11 is 0. The lowest BCUT2D eigenvalue weighted by Crippen LogP contribution is -2.14. The van der Waals surface area contributed by atoms with Gasteiger partial charge in [0.15, 0.2) is 0 Å². The van der Waals surface area contributed by atoms with Gasteiger partial charge in [-0.15, -0.1) is 0 Å². The highest BCUT2D eigenvalue weighted by Gasteiger charge is 2.20. The minimum absolute atomic E-state index is 0.193. The highest BCUT2D eigenvalue weighted by atomic mass is 16.7. The van der Waals surface area contributed by atoms with Crippen molar-refractivity contribution in [2.45, 2.75) is 20.3 Å². The molecule has 4 heteroatoms. The van der Waals surface area contributed by atoms with Gasteiger partial charge in [0.05, 0.1) is 6.42 Å². The van der Waals surface area contributed by atoms with E-state index in [2.05, 4.69) is 55.1 Å². The lowest BCUT2D eigenvalue weighted by atomic mass is 9.82. The number of allylic oxidation sites excluding steroid dienone is 5. The van der Waals surface area contributed by atoms with Crippen molar-refractivity contribution in [3.05, 3.63) is 77.4 Å². The first-order chi connectivity index (χ1) is 12.6. The van der Waals surface area contributed by atoms with E-state index in [1.165, 1.54) is 16.3 Å². The molecule has 0 bridgehead atoms. The van der Waals surface area contributed by atoms with E-state index in [4.69, 9.17) is 10.6 Å². The van der Waals surface area contributed by atoms with Crippen LogP contribution in [0.3, 0.4) is 0 Å². The van der Waals surface area contributed by atoms with Gasteiger partial charge >= 0.3 is 5.97 Å². The fraction of sp³-hybridized carbons (Fsp3) is 0.227. The van der Waals surface area contributed by atoms with Crippen molar-refractivity contribution in [2.75, 3.05) is 6.79 Å². The average Bonchev–Trinajstić information content (AvgIpc) is 2.65. The highest BCUT2D eigenvalue weighted by Crippen LogP contribution is 2.35. The van der Waals surface area contributed by atoms with Crippen LogP contribution in [0.15, 0.2) is 71.8 Å². The lowest BCUT2D eigenvalue weighted by molar-refractivity contribution is -0.155. The minimum atomic E-state index is -0.354. The fourth-order valence-corrected chi connectivity index (χ4v) is 3.44. The average molecular weight is 349 g/mol. The molecule has 1 aliphatic rings. The molecule has 26 heavy (non-hydrogen) atoms. The van der Waals surface area contributed by atoms with E-state index in [0.29, 0.717) is 0 Å². The first-order valence-electron chi connectivity index (χ1n) is 8.65. The van der Waals surface area contributed by atoms with Crippen LogP contribution < -0.4 is 5.90 Å². The SMILES string of the molecule is CC(=C1C(CC(=O)OCON)=CC=CC1C)c1ccc2ccccc2c1. The number of rotatable bonds is 5. The quantitative estimate of drug-likeness (QED) is 0.489. The maximum absolute atomic E-state index is 12.0. The number of hydrogen-bond donors (Lipinski definition) is 1. The number of carbonyl (C=O) groups is 1. The normalized spacial score (nSPS) is 18.6. The Morgan fingerprint density at radius 3 is 2.69 bits per heavy atom. The van der Waals surface area contributed by atoms with Crippen LogP contribution in [0.1, 0.15) is 25.8 Å². The molecule has 1 unspecified atom stereocenters. The van der Waals surface area contributed by atoms with Crippen LogP contribution in [0.2, 0.25) is 0 Å². The van der Waals surface area contributed by atoms with Gasteiger partial charge in [0.1, 0.15) is 0 Å². The van der Waals surface area contributed by atoms with Crippen LogP contribution in [-0.2, 0) is 14.4 Å². The Morgan fingerprint density at radius 2 is 1.92 bits per heavy atom. The summed E-state index contributed by atoms with van der Waals surface area (Å²) < 4.78 is 4.95. The second-order valence-electron chi connectivity index (χ2n) is 6.44. The molecule has 2 aromatic rings. The van der Waals surface area contributed by atoms with E-state index in [1.54, 1.807) is 0 Å². The van der Waals surface area contributed by atoms with E-state index >= 15 is 0 Å². The zero-order chi connectivity index (χ0) is 18.5. The van der Waals surface area contributed by atoms with Gasteiger partial charge < -0.3 is 4.74 Å². The van der Waals surface area contributed by atoms with E-state index in [1.807, 2.05) is 24.3 Å². The number of nitrogens with two attached hydrogens (primary N) is 1. The molecule has 134 valence electrons. The molecule has 0 saturated carbocycles. The lowest BCUT2D eigenvalue weighted by Gasteiger charge is -2.23. The number of carbonyl (C=O) groups excluding carboxylic acids is 1. The smallest absolute Gasteiger partial charge is 0.312 e. The molecule has 0 radical (unpaired) electrons. The van der Waals surface area contributed by atoms with Crippen molar-refractivity contribution in [1.82, 2.24) is 0 Å². The molecular weight excluding hydrogens is 326 g/mol. The Balaban J connectivity index is 1.96. The summed E-state index contributed by atoms with van der Waals surface area (Å²) in [6, 6.07) is 14.8. The van der Waals surface area contributed by atoms with E-state index < -0.39 is 0 Å². The van der Waals surface area contributed by atoms with Crippen molar-refractivity contribution in [2.24, 2.45) is 11.8 Å². The van der Waals surface area contributed by atoms with Gasteiger partial charge in [-0.25, -0.2) is 5.90 Å². The molecule has 0 saturated heterocycles. The van der Waals surface area contributed by atoms with Crippen molar-refractivity contribution >= 4 is 22.3 Å². The van der Waals surface area contributed by atoms with E-state index in [0.717, 1.165) is 16.7 Å². The number of esters is 1. The zero-order valence-corrected chi connectivity index (χ0v) is 15.1. The minimum Gasteiger partial charge on any atom is -0.437 e. The van der Waals surface area contributed by atoms with Crippen molar-refractivity contribution < 1.29 is 14.4 Å². The molecule has 0 aliphatic heterocycles. The van der Waals surface area contributed by atoms with Crippen LogP contribution in [-0.4, -0.2) is 12.8 Å². The molecule has 1 atom stereocenters. The number of ether oxygens (including phenoxy) is 1. The second-order valence-corrected chi connectivity index (χ2v) is 6.44. The van der Waals surface area contributed by atoms with Gasteiger partial charge in [-0.05, 0) is 52.0 Å². The first kappa shape index (κ1) is 18.1. The first-order valence-corrected chi connectivity index (χ1v) is 8.65. The summed E-state index contributed by atoms with van der Waals surface area (Å²) in [5.74, 6) is 4.79. The molecule has 0 aromatic heterocycles. The zero-order valence-electron chi connectivity index (χ0n) is 15.1. The molecule has 1 aliphatic carbocycles. The third kappa shape index (κ3) is 3.93. The summed E-state index contributed by atoms with van der Waals surface area (Å²) in [7, 11) is 0. The standard InChI is InChI=1S/C22H23NO3/c1-15-6-5-9-20(13-21(24)25-14-26-23)22(15)16(2)18-11-10-17-7-3-4-8-19(17)12-18/h3-12,15H,13-14,23H2,1-2H3. The molecule has 0 spiro atoms. The van der Waals surface area contributed by atoms with Gasteiger partial charge in [0, 0.05) is 0 Å². The Kier molecular flexibility index (Phi) is 5.66. The van der Waals surface area contributed by atoms with Crippen molar-refractivity contribution in [3.63, 3.8) is 0 Å². The molecule has 0 amide bonds. The largest absolute Gasteiger partial charge is 0.437 e. The van der Waals surface area contributed by atoms with Crippen LogP contribution in [0.5, 0.6) is 0 Å². The molecule has 4 nitrogen and oxygen atoms in total.